The van der Waals surface area contributed by atoms with Crippen molar-refractivity contribution in [2.75, 3.05) is 13.1 Å². The van der Waals surface area contributed by atoms with Crippen molar-refractivity contribution < 1.29 is 18.0 Å². The van der Waals surface area contributed by atoms with Gasteiger partial charge < -0.3 is 5.32 Å². The Bertz CT molecular complexity index is 1180. The standard InChI is InChI=1S/C31H37F3N2O/c1-4-13-29(28(37)35-22(3)24-9-7-10-25(17-24)31(32,33)34)18-26(19-29)36-16-15-30(21(2)20-36)14-12-23-8-5-6-11-27(23)30/h5-12,14,17,21-22,26H,4,13,15-16,18-20H2,1-3H3,(H,35,37)/t21-,22?,26?,29?,30?/m0/s1. The minimum Gasteiger partial charge on any atom is -0.349 e. The SMILES string of the molecule is CCCC1(C(=O)NC(C)c2cccc(C(F)(F)F)c2)CC(N2CCC3(C=Cc4ccccc43)[C@@H](C)C2)C1. The van der Waals surface area contributed by atoms with Crippen molar-refractivity contribution >= 4 is 12.0 Å². The van der Waals surface area contributed by atoms with Gasteiger partial charge in [0.15, 0.2) is 0 Å². The molecule has 0 radical (unpaired) electrons. The molecule has 5 rings (SSSR count). The number of allylic oxidation sites excluding steroid dienone is 1. The van der Waals surface area contributed by atoms with Crippen LogP contribution in [0.25, 0.3) is 6.08 Å². The van der Waals surface area contributed by atoms with Crippen LogP contribution < -0.4 is 5.32 Å². The maximum atomic E-state index is 13.5. The molecule has 1 saturated heterocycles. The first kappa shape index (κ1) is 26.0. The first-order chi connectivity index (χ1) is 17.6. The van der Waals surface area contributed by atoms with E-state index < -0.39 is 23.2 Å². The Hall–Kier alpha value is -2.60. The minimum atomic E-state index is -4.40. The highest BCUT2D eigenvalue weighted by molar-refractivity contribution is 5.84. The van der Waals surface area contributed by atoms with Gasteiger partial charge in [-0.05, 0) is 73.9 Å². The van der Waals surface area contributed by atoms with Crippen LogP contribution in [0.3, 0.4) is 0 Å². The van der Waals surface area contributed by atoms with Gasteiger partial charge in [0.05, 0.1) is 17.0 Å². The highest BCUT2D eigenvalue weighted by Gasteiger charge is 2.53. The monoisotopic (exact) mass is 510 g/mol. The zero-order valence-electron chi connectivity index (χ0n) is 21.9. The van der Waals surface area contributed by atoms with E-state index in [-0.39, 0.29) is 11.3 Å². The molecule has 2 fully saturated rings. The number of halogens is 3. The molecule has 3 aliphatic rings. The number of piperidine rings is 1. The molecule has 1 saturated carbocycles. The molecule has 3 nitrogen and oxygen atoms in total. The van der Waals surface area contributed by atoms with E-state index in [1.165, 1.54) is 17.2 Å². The third-order valence-electron chi connectivity index (χ3n) is 9.26. The number of carbonyl (C=O) groups excluding carboxylic acids is 1. The van der Waals surface area contributed by atoms with Gasteiger partial charge in [-0.1, -0.05) is 68.8 Å². The number of hydrogen-bond donors (Lipinski definition) is 1. The second kappa shape index (κ2) is 9.61. The van der Waals surface area contributed by atoms with Crippen LogP contribution >= 0.6 is 0 Å². The van der Waals surface area contributed by atoms with Gasteiger partial charge >= 0.3 is 6.18 Å². The lowest BCUT2D eigenvalue weighted by Gasteiger charge is -2.55. The molecule has 1 spiro atoms. The summed E-state index contributed by atoms with van der Waals surface area (Å²) in [5.41, 5.74) is 2.24. The van der Waals surface area contributed by atoms with Gasteiger partial charge in [0, 0.05) is 18.0 Å². The predicted octanol–water partition coefficient (Wildman–Crippen LogP) is 7.14. The molecular weight excluding hydrogens is 473 g/mol. The molecule has 3 atom stereocenters. The number of amides is 1. The minimum absolute atomic E-state index is 0.0234. The Morgan fingerprint density at radius 1 is 1.16 bits per heavy atom. The van der Waals surface area contributed by atoms with E-state index in [2.05, 4.69) is 60.5 Å². The number of nitrogens with zero attached hydrogens (tertiary/aromatic N) is 1. The molecular formula is C31H37F3N2O. The normalized spacial score (nSPS) is 30.1. The van der Waals surface area contributed by atoms with Crippen molar-refractivity contribution in [3.05, 3.63) is 76.9 Å². The Morgan fingerprint density at radius 2 is 1.92 bits per heavy atom. The van der Waals surface area contributed by atoms with Gasteiger partial charge in [0.1, 0.15) is 0 Å². The quantitative estimate of drug-likeness (QED) is 0.448. The van der Waals surface area contributed by atoms with E-state index in [0.29, 0.717) is 17.5 Å². The van der Waals surface area contributed by atoms with Crippen LogP contribution in [0.4, 0.5) is 13.2 Å². The lowest BCUT2D eigenvalue weighted by molar-refractivity contribution is -0.143. The molecule has 1 N–H and O–H groups in total. The van der Waals surface area contributed by atoms with Crippen molar-refractivity contribution in [2.24, 2.45) is 11.3 Å². The molecule has 2 aliphatic carbocycles. The fraction of sp³-hybridized carbons (Fsp3) is 0.516. The average molecular weight is 511 g/mol. The largest absolute Gasteiger partial charge is 0.416 e. The topological polar surface area (TPSA) is 32.3 Å². The van der Waals surface area contributed by atoms with Crippen molar-refractivity contribution in [1.29, 1.82) is 0 Å². The highest BCUT2D eigenvalue weighted by Crippen LogP contribution is 2.52. The van der Waals surface area contributed by atoms with E-state index >= 15 is 0 Å². The van der Waals surface area contributed by atoms with Crippen LogP contribution in [0.5, 0.6) is 0 Å². The zero-order chi connectivity index (χ0) is 26.4. The van der Waals surface area contributed by atoms with Crippen LogP contribution in [0.2, 0.25) is 0 Å². The van der Waals surface area contributed by atoms with Crippen LogP contribution in [0.1, 0.15) is 81.2 Å². The second-order valence-corrected chi connectivity index (χ2v) is 11.5. The van der Waals surface area contributed by atoms with Gasteiger partial charge in [0.25, 0.3) is 0 Å². The first-order valence-electron chi connectivity index (χ1n) is 13.6. The Balaban J connectivity index is 1.23. The van der Waals surface area contributed by atoms with E-state index in [0.717, 1.165) is 57.3 Å². The number of benzene rings is 2. The zero-order valence-corrected chi connectivity index (χ0v) is 21.9. The van der Waals surface area contributed by atoms with Gasteiger partial charge in [0.2, 0.25) is 5.91 Å². The third kappa shape index (κ3) is 4.62. The van der Waals surface area contributed by atoms with Gasteiger partial charge in [-0.2, -0.15) is 13.2 Å². The van der Waals surface area contributed by atoms with E-state index in [1.807, 2.05) is 0 Å². The number of carbonyl (C=O) groups is 1. The molecule has 1 heterocycles. The molecule has 0 aromatic heterocycles. The van der Waals surface area contributed by atoms with Crippen LogP contribution in [-0.4, -0.2) is 29.9 Å². The molecule has 2 unspecified atom stereocenters. The summed E-state index contributed by atoms with van der Waals surface area (Å²) in [6.07, 6.45) is 4.69. The number of hydrogen-bond acceptors (Lipinski definition) is 2. The van der Waals surface area contributed by atoms with Crippen LogP contribution in [0, 0.1) is 11.3 Å². The second-order valence-electron chi connectivity index (χ2n) is 11.5. The van der Waals surface area contributed by atoms with Gasteiger partial charge in [-0.15, -0.1) is 0 Å². The van der Waals surface area contributed by atoms with Crippen LogP contribution in [-0.2, 0) is 16.4 Å². The number of fused-ring (bicyclic) bond motifs is 2. The molecule has 6 heteroatoms. The summed E-state index contributed by atoms with van der Waals surface area (Å²) < 4.78 is 39.5. The van der Waals surface area contributed by atoms with Crippen molar-refractivity contribution in [1.82, 2.24) is 10.2 Å². The number of nitrogens with one attached hydrogen (secondary N) is 1. The summed E-state index contributed by atoms with van der Waals surface area (Å²) in [4.78, 5) is 16.0. The lowest BCUT2D eigenvalue weighted by Crippen LogP contribution is -2.60. The number of likely N-dealkylation sites (tertiary alicyclic amines) is 1. The Labute approximate surface area is 218 Å². The Morgan fingerprint density at radius 3 is 2.62 bits per heavy atom. The summed E-state index contributed by atoms with van der Waals surface area (Å²) in [5.74, 6) is 0.460. The fourth-order valence-corrected chi connectivity index (χ4v) is 7.05. The highest BCUT2D eigenvalue weighted by atomic mass is 19.4. The van der Waals surface area contributed by atoms with E-state index in [1.54, 1.807) is 13.0 Å². The summed E-state index contributed by atoms with van der Waals surface area (Å²) in [6.45, 7) is 8.23. The summed E-state index contributed by atoms with van der Waals surface area (Å²) in [5, 5.41) is 3.05. The maximum Gasteiger partial charge on any atom is 0.416 e. The maximum absolute atomic E-state index is 13.5. The van der Waals surface area contributed by atoms with Gasteiger partial charge in [-0.3, -0.25) is 9.69 Å². The smallest absolute Gasteiger partial charge is 0.349 e. The molecule has 1 aliphatic heterocycles. The lowest BCUT2D eigenvalue weighted by atomic mass is 9.60. The van der Waals surface area contributed by atoms with Crippen molar-refractivity contribution in [3.8, 4) is 0 Å². The molecule has 37 heavy (non-hydrogen) atoms. The summed E-state index contributed by atoms with van der Waals surface area (Å²) >= 11 is 0. The Kier molecular flexibility index (Phi) is 6.76. The summed E-state index contributed by atoms with van der Waals surface area (Å²) in [6, 6.07) is 13.9. The first-order valence-corrected chi connectivity index (χ1v) is 13.6. The summed E-state index contributed by atoms with van der Waals surface area (Å²) in [7, 11) is 0. The van der Waals surface area contributed by atoms with E-state index in [4.69, 9.17) is 0 Å². The van der Waals surface area contributed by atoms with Crippen LogP contribution in [0.15, 0.2) is 54.6 Å². The van der Waals surface area contributed by atoms with Crippen molar-refractivity contribution in [2.45, 2.75) is 76.6 Å². The predicted molar refractivity (Wildman–Crippen MR) is 141 cm³/mol. The molecule has 0 bridgehead atoms. The third-order valence-corrected chi connectivity index (χ3v) is 9.26. The van der Waals surface area contributed by atoms with Gasteiger partial charge in [-0.25, -0.2) is 0 Å². The number of rotatable bonds is 6. The van der Waals surface area contributed by atoms with Crippen molar-refractivity contribution in [3.63, 3.8) is 0 Å². The fourth-order valence-electron chi connectivity index (χ4n) is 7.05. The number of alkyl halides is 3. The van der Waals surface area contributed by atoms with E-state index in [9.17, 15) is 18.0 Å². The molecule has 2 aromatic rings. The molecule has 198 valence electrons. The molecule has 2 aromatic carbocycles. The average Bonchev–Trinajstić information content (AvgIpc) is 3.22. The molecule has 1 amide bonds.